The van der Waals surface area contributed by atoms with Gasteiger partial charge in [-0.1, -0.05) is 12.7 Å². The smallest absolute Gasteiger partial charge is 0.245 e. The van der Waals surface area contributed by atoms with Crippen molar-refractivity contribution in [2.24, 2.45) is 11.8 Å². The van der Waals surface area contributed by atoms with Gasteiger partial charge in [-0.15, -0.1) is 6.58 Å². The first-order chi connectivity index (χ1) is 16.3. The number of amides is 1. The Bertz CT molecular complexity index is 1180. The van der Waals surface area contributed by atoms with E-state index in [2.05, 4.69) is 23.9 Å². The zero-order valence-electron chi connectivity index (χ0n) is 19.2. The first-order valence-electron chi connectivity index (χ1n) is 12.0. The fourth-order valence-corrected chi connectivity index (χ4v) is 7.59. The van der Waals surface area contributed by atoms with Crippen LogP contribution in [0.2, 0.25) is 0 Å². The molecular formula is C26H31N3O4S. The average Bonchev–Trinajstić information content (AvgIpc) is 3.74. The molecule has 1 heterocycles. The molecule has 2 unspecified atom stereocenters. The summed E-state index contributed by atoms with van der Waals surface area (Å²) in [6.07, 6.45) is 11.7. The predicted molar refractivity (Wildman–Crippen MR) is 130 cm³/mol. The fraction of sp³-hybridized carbons (Fsp3) is 0.462. The number of sulfone groups is 1. The number of hydrogen-bond acceptors (Lipinski definition) is 6. The van der Waals surface area contributed by atoms with Gasteiger partial charge in [0, 0.05) is 25.0 Å². The van der Waals surface area contributed by atoms with Crippen LogP contribution in [0.4, 0.5) is 5.69 Å². The fourth-order valence-electron chi connectivity index (χ4n) is 5.46. The van der Waals surface area contributed by atoms with E-state index in [1.54, 1.807) is 24.4 Å². The number of carbonyl (C=O) groups is 2. The van der Waals surface area contributed by atoms with Gasteiger partial charge < -0.3 is 10.7 Å². The Hall–Kier alpha value is -2.87. The first kappa shape index (κ1) is 22.9. The second kappa shape index (κ2) is 8.41. The van der Waals surface area contributed by atoms with Crippen molar-refractivity contribution in [2.75, 3.05) is 5.01 Å². The maximum Gasteiger partial charge on any atom is 0.245 e. The summed E-state index contributed by atoms with van der Waals surface area (Å²) in [6, 6.07) is 5.43. The van der Waals surface area contributed by atoms with Gasteiger partial charge in [0.1, 0.15) is 5.78 Å². The second-order valence-electron chi connectivity index (χ2n) is 9.87. The van der Waals surface area contributed by atoms with Crippen LogP contribution >= 0.6 is 0 Å². The lowest BCUT2D eigenvalue weighted by Gasteiger charge is -2.43. The van der Waals surface area contributed by atoms with Crippen LogP contribution in [0.1, 0.15) is 56.4 Å². The van der Waals surface area contributed by atoms with Gasteiger partial charge in [-0.3, -0.25) is 14.6 Å². The Morgan fingerprint density at radius 3 is 2.56 bits per heavy atom. The van der Waals surface area contributed by atoms with E-state index in [0.29, 0.717) is 24.2 Å². The van der Waals surface area contributed by atoms with Crippen molar-refractivity contribution in [3.8, 4) is 0 Å². The average molecular weight is 482 g/mol. The molecular weight excluding hydrogens is 450 g/mol. The van der Waals surface area contributed by atoms with Crippen molar-refractivity contribution in [3.05, 3.63) is 61.3 Å². The van der Waals surface area contributed by atoms with Crippen LogP contribution in [0.3, 0.4) is 0 Å². The Balaban J connectivity index is 1.55. The summed E-state index contributed by atoms with van der Waals surface area (Å²) in [5.74, 6) is 0.0733. The minimum Gasteiger partial charge on any atom is -0.325 e. The molecule has 0 aromatic heterocycles. The molecule has 4 aliphatic rings. The third-order valence-electron chi connectivity index (χ3n) is 7.54. The molecule has 0 radical (unpaired) electrons. The summed E-state index contributed by atoms with van der Waals surface area (Å²) in [4.78, 5) is 25.0. The molecule has 8 heteroatoms. The van der Waals surface area contributed by atoms with Crippen molar-refractivity contribution in [1.29, 1.82) is 0 Å². The lowest BCUT2D eigenvalue weighted by molar-refractivity contribution is -0.120. The van der Waals surface area contributed by atoms with Crippen LogP contribution in [0.5, 0.6) is 0 Å². The third kappa shape index (κ3) is 3.87. The highest BCUT2D eigenvalue weighted by Crippen LogP contribution is 2.48. The lowest BCUT2D eigenvalue weighted by atomic mass is 9.89. The van der Waals surface area contributed by atoms with Crippen LogP contribution in [-0.2, 0) is 19.4 Å². The van der Waals surface area contributed by atoms with Crippen LogP contribution in [0.15, 0.2) is 60.7 Å². The summed E-state index contributed by atoms with van der Waals surface area (Å²) in [5, 5.41) is 4.34. The normalized spacial score (nSPS) is 27.4. The molecule has 7 nitrogen and oxygen atoms in total. The number of nitrogens with one attached hydrogen (secondary N) is 2. The van der Waals surface area contributed by atoms with E-state index in [9.17, 15) is 18.0 Å². The van der Waals surface area contributed by atoms with E-state index in [1.165, 1.54) is 6.08 Å². The van der Waals surface area contributed by atoms with Crippen LogP contribution in [0.25, 0.3) is 0 Å². The molecule has 0 saturated heterocycles. The highest BCUT2D eigenvalue weighted by Gasteiger charge is 2.49. The van der Waals surface area contributed by atoms with E-state index < -0.39 is 20.8 Å². The number of benzene rings is 1. The van der Waals surface area contributed by atoms with Crippen molar-refractivity contribution in [2.45, 2.75) is 66.7 Å². The molecule has 5 rings (SSSR count). The molecule has 3 atom stereocenters. The Morgan fingerprint density at radius 2 is 1.97 bits per heavy atom. The number of nitrogens with zero attached hydrogens (tertiary/aromatic N) is 1. The number of hydrazine groups is 1. The number of ketones is 1. The topological polar surface area (TPSA) is 95.6 Å². The van der Waals surface area contributed by atoms with Gasteiger partial charge in [0.2, 0.25) is 5.91 Å². The highest BCUT2D eigenvalue weighted by atomic mass is 32.2. The lowest BCUT2D eigenvalue weighted by Crippen LogP contribution is -2.64. The Labute approximate surface area is 200 Å². The minimum absolute atomic E-state index is 0.122. The van der Waals surface area contributed by atoms with E-state index in [0.717, 1.165) is 36.9 Å². The largest absolute Gasteiger partial charge is 0.325 e. The summed E-state index contributed by atoms with van der Waals surface area (Å²) >= 11 is 0. The predicted octanol–water partition coefficient (Wildman–Crippen LogP) is 3.51. The number of anilines is 1. The maximum absolute atomic E-state index is 13.6. The molecule has 3 aliphatic carbocycles. The van der Waals surface area contributed by atoms with E-state index in [1.807, 2.05) is 17.2 Å². The molecule has 2 N–H and O–H groups in total. The van der Waals surface area contributed by atoms with Gasteiger partial charge in [-0.05, 0) is 79.9 Å². The molecule has 0 bridgehead atoms. The van der Waals surface area contributed by atoms with Crippen molar-refractivity contribution in [1.82, 2.24) is 10.7 Å². The summed E-state index contributed by atoms with van der Waals surface area (Å²) in [7, 11) is -3.54. The Morgan fingerprint density at radius 1 is 1.21 bits per heavy atom. The summed E-state index contributed by atoms with van der Waals surface area (Å²) in [6.45, 7) is 7.39. The number of carbonyl (C=O) groups excluding carboxylic acids is 2. The molecule has 1 aromatic rings. The van der Waals surface area contributed by atoms with Crippen LogP contribution < -0.4 is 15.8 Å². The Kier molecular flexibility index (Phi) is 5.67. The summed E-state index contributed by atoms with van der Waals surface area (Å²) < 4.78 is 27.1. The first-order valence-corrected chi connectivity index (χ1v) is 13.6. The SMILES string of the molecule is C=CC(=O)NC1([C@H]2CCC(=O)C2)C=CNN1c1ccc(S(=O)(=O)C(C=C)C2CC2)c(C2CC2)c1. The minimum atomic E-state index is -3.54. The second-order valence-corrected chi connectivity index (χ2v) is 11.9. The quantitative estimate of drug-likeness (QED) is 0.414. The third-order valence-corrected chi connectivity index (χ3v) is 9.82. The molecule has 1 amide bonds. The van der Waals surface area contributed by atoms with Gasteiger partial charge in [0.25, 0.3) is 0 Å². The highest BCUT2D eigenvalue weighted by molar-refractivity contribution is 7.92. The van der Waals surface area contributed by atoms with Gasteiger partial charge in [0.05, 0.1) is 15.8 Å². The van der Waals surface area contributed by atoms with Crippen molar-refractivity contribution < 1.29 is 18.0 Å². The number of rotatable bonds is 9. The zero-order valence-corrected chi connectivity index (χ0v) is 20.0. The molecule has 34 heavy (non-hydrogen) atoms. The molecule has 0 spiro atoms. The van der Waals surface area contributed by atoms with E-state index >= 15 is 0 Å². The maximum atomic E-state index is 13.6. The van der Waals surface area contributed by atoms with E-state index in [4.69, 9.17) is 0 Å². The van der Waals surface area contributed by atoms with E-state index in [-0.39, 0.29) is 29.4 Å². The van der Waals surface area contributed by atoms with Gasteiger partial charge in [0.15, 0.2) is 15.5 Å². The molecule has 3 fully saturated rings. The van der Waals surface area contributed by atoms with Gasteiger partial charge >= 0.3 is 0 Å². The molecule has 1 aromatic carbocycles. The zero-order chi connectivity index (χ0) is 24.1. The number of hydrogen-bond donors (Lipinski definition) is 2. The monoisotopic (exact) mass is 481 g/mol. The van der Waals surface area contributed by atoms with Gasteiger partial charge in [-0.25, -0.2) is 8.42 Å². The molecule has 1 aliphatic heterocycles. The number of Topliss-reactive ketones (excluding diaryl/α,β-unsaturated/α-hetero) is 1. The van der Waals surface area contributed by atoms with Crippen LogP contribution in [0, 0.1) is 11.8 Å². The summed E-state index contributed by atoms with van der Waals surface area (Å²) in [5.41, 5.74) is 3.84. The standard InChI is InChI=1S/C26H31N3O4S/c1-3-23(18-7-8-18)34(32,33)24-12-10-20(16-22(24)17-5-6-17)29-26(13-14-27-29,28-25(31)4-2)19-9-11-21(30)15-19/h3-4,10,12-14,16-19,23,27H,1-2,5-9,11,15H2,(H,28,31)/t19-,23?,26?/m0/s1. The van der Waals surface area contributed by atoms with Gasteiger partial charge in [-0.2, -0.15) is 0 Å². The van der Waals surface area contributed by atoms with Crippen LogP contribution in [-0.4, -0.2) is 31.0 Å². The molecule has 3 saturated carbocycles. The van der Waals surface area contributed by atoms with Crippen molar-refractivity contribution >= 4 is 27.2 Å². The molecule has 180 valence electrons. The van der Waals surface area contributed by atoms with Crippen molar-refractivity contribution in [3.63, 3.8) is 0 Å².